The van der Waals surface area contributed by atoms with Crippen LogP contribution in [0.3, 0.4) is 0 Å². The van der Waals surface area contributed by atoms with Crippen LogP contribution in [0.2, 0.25) is 0 Å². The van der Waals surface area contributed by atoms with Crippen LogP contribution in [0.5, 0.6) is 0 Å². The van der Waals surface area contributed by atoms with Crippen LogP contribution in [0.15, 0.2) is 51.9 Å². The van der Waals surface area contributed by atoms with Crippen molar-refractivity contribution in [1.82, 2.24) is 35.2 Å². The standard InChI is InChI=1S/C18H15N7O2S/c26-18(12-2-1-3-15(8-12)25-11-19-22-23-25)24-6-4-13(9-24)16-20-17(27-21-16)14-5-7-28-10-14/h1-3,5,7-8,10-11,13H,4,6,9H2/t13-/m0/s1. The summed E-state index contributed by atoms with van der Waals surface area (Å²) in [5.74, 6) is 1.22. The maximum absolute atomic E-state index is 12.9. The lowest BCUT2D eigenvalue weighted by Crippen LogP contribution is -2.28. The molecule has 1 aliphatic heterocycles. The summed E-state index contributed by atoms with van der Waals surface area (Å²) in [6.45, 7) is 1.22. The number of hydrogen-bond acceptors (Lipinski definition) is 8. The number of carbonyl (C=O) groups is 1. The smallest absolute Gasteiger partial charge is 0.258 e. The van der Waals surface area contributed by atoms with Crippen LogP contribution < -0.4 is 0 Å². The molecule has 1 fully saturated rings. The van der Waals surface area contributed by atoms with Crippen molar-refractivity contribution < 1.29 is 9.32 Å². The molecule has 1 atom stereocenters. The van der Waals surface area contributed by atoms with Gasteiger partial charge in [0, 0.05) is 30.0 Å². The Bertz CT molecular complexity index is 1090. The number of carbonyl (C=O) groups excluding carboxylic acids is 1. The first-order valence-corrected chi connectivity index (χ1v) is 9.71. The largest absolute Gasteiger partial charge is 0.338 e. The second-order valence-electron chi connectivity index (χ2n) is 6.51. The molecule has 1 aromatic carbocycles. The van der Waals surface area contributed by atoms with Crippen LogP contribution in [-0.4, -0.2) is 54.2 Å². The summed E-state index contributed by atoms with van der Waals surface area (Å²) in [5.41, 5.74) is 2.26. The second-order valence-corrected chi connectivity index (χ2v) is 7.29. The molecule has 1 aliphatic rings. The first kappa shape index (κ1) is 16.8. The van der Waals surface area contributed by atoms with Gasteiger partial charge < -0.3 is 9.42 Å². The maximum atomic E-state index is 12.9. The van der Waals surface area contributed by atoms with Crippen molar-refractivity contribution in [2.75, 3.05) is 13.1 Å². The molecule has 9 nitrogen and oxygen atoms in total. The van der Waals surface area contributed by atoms with Crippen molar-refractivity contribution in [3.63, 3.8) is 0 Å². The van der Waals surface area contributed by atoms with Crippen LogP contribution in [0.25, 0.3) is 17.1 Å². The Hall–Kier alpha value is -3.40. The molecular weight excluding hydrogens is 378 g/mol. The van der Waals surface area contributed by atoms with E-state index in [2.05, 4.69) is 25.7 Å². The fraction of sp³-hybridized carbons (Fsp3) is 0.222. The monoisotopic (exact) mass is 393 g/mol. The topological polar surface area (TPSA) is 103 Å². The number of nitrogens with zero attached hydrogens (tertiary/aromatic N) is 7. The maximum Gasteiger partial charge on any atom is 0.258 e. The van der Waals surface area contributed by atoms with E-state index in [1.165, 1.54) is 11.0 Å². The fourth-order valence-corrected chi connectivity index (χ4v) is 3.93. The number of likely N-dealkylation sites (tertiary alicyclic amines) is 1. The van der Waals surface area contributed by atoms with Gasteiger partial charge in [-0.2, -0.15) is 16.3 Å². The zero-order valence-electron chi connectivity index (χ0n) is 14.7. The van der Waals surface area contributed by atoms with Gasteiger partial charge in [0.2, 0.25) is 0 Å². The number of rotatable bonds is 4. The van der Waals surface area contributed by atoms with Crippen molar-refractivity contribution in [3.8, 4) is 17.1 Å². The highest BCUT2D eigenvalue weighted by molar-refractivity contribution is 7.08. The van der Waals surface area contributed by atoms with Crippen LogP contribution in [0, 0.1) is 0 Å². The van der Waals surface area contributed by atoms with Gasteiger partial charge in [0.25, 0.3) is 11.8 Å². The van der Waals surface area contributed by atoms with E-state index in [0.29, 0.717) is 30.4 Å². The minimum absolute atomic E-state index is 0.0287. The van der Waals surface area contributed by atoms with E-state index in [4.69, 9.17) is 4.52 Å². The van der Waals surface area contributed by atoms with Crippen LogP contribution in [-0.2, 0) is 0 Å². The number of aromatic nitrogens is 6. The Balaban J connectivity index is 1.31. The van der Waals surface area contributed by atoms with Gasteiger partial charge >= 0.3 is 0 Å². The highest BCUT2D eigenvalue weighted by Gasteiger charge is 2.31. The van der Waals surface area contributed by atoms with Gasteiger partial charge in [0.1, 0.15) is 6.33 Å². The Morgan fingerprint density at radius 3 is 3.07 bits per heavy atom. The fourth-order valence-electron chi connectivity index (χ4n) is 3.30. The van der Waals surface area contributed by atoms with Gasteiger partial charge in [-0.05, 0) is 46.5 Å². The highest BCUT2D eigenvalue weighted by Crippen LogP contribution is 2.29. The summed E-state index contributed by atoms with van der Waals surface area (Å²) >= 11 is 1.58. The first-order valence-electron chi connectivity index (χ1n) is 8.77. The molecule has 0 N–H and O–H groups in total. The van der Waals surface area contributed by atoms with Crippen LogP contribution >= 0.6 is 11.3 Å². The van der Waals surface area contributed by atoms with Crippen molar-refractivity contribution in [3.05, 3.63) is 58.8 Å². The zero-order valence-corrected chi connectivity index (χ0v) is 15.5. The number of amides is 1. The van der Waals surface area contributed by atoms with E-state index in [1.807, 2.05) is 33.9 Å². The highest BCUT2D eigenvalue weighted by atomic mass is 32.1. The minimum Gasteiger partial charge on any atom is -0.338 e. The van der Waals surface area contributed by atoms with E-state index in [1.54, 1.807) is 23.5 Å². The van der Waals surface area contributed by atoms with E-state index in [0.717, 1.165) is 17.7 Å². The van der Waals surface area contributed by atoms with E-state index in [-0.39, 0.29) is 11.8 Å². The Morgan fingerprint density at radius 1 is 1.29 bits per heavy atom. The lowest BCUT2D eigenvalue weighted by atomic mass is 10.1. The van der Waals surface area contributed by atoms with Gasteiger partial charge in [0.15, 0.2) is 5.82 Å². The first-order chi connectivity index (χ1) is 13.8. The van der Waals surface area contributed by atoms with Crippen LogP contribution in [0.1, 0.15) is 28.5 Å². The molecule has 0 radical (unpaired) electrons. The van der Waals surface area contributed by atoms with Gasteiger partial charge in [-0.15, -0.1) is 5.10 Å². The third-order valence-electron chi connectivity index (χ3n) is 4.76. The quantitative estimate of drug-likeness (QED) is 0.524. The molecule has 4 aromatic rings. The number of benzene rings is 1. The molecule has 4 heterocycles. The molecule has 0 saturated carbocycles. The Labute approximate surface area is 163 Å². The van der Waals surface area contributed by atoms with Gasteiger partial charge in [0.05, 0.1) is 11.3 Å². The molecule has 0 spiro atoms. The number of hydrogen-bond donors (Lipinski definition) is 0. The van der Waals surface area contributed by atoms with Gasteiger partial charge in [-0.25, -0.2) is 4.68 Å². The summed E-state index contributed by atoms with van der Waals surface area (Å²) in [7, 11) is 0. The normalized spacial score (nSPS) is 16.6. The lowest BCUT2D eigenvalue weighted by Gasteiger charge is -2.16. The predicted molar refractivity (Wildman–Crippen MR) is 100 cm³/mol. The minimum atomic E-state index is -0.0287. The van der Waals surface area contributed by atoms with E-state index < -0.39 is 0 Å². The van der Waals surface area contributed by atoms with Gasteiger partial charge in [-0.1, -0.05) is 11.2 Å². The number of thiophene rings is 1. The van der Waals surface area contributed by atoms with E-state index >= 15 is 0 Å². The zero-order chi connectivity index (χ0) is 18.9. The average molecular weight is 393 g/mol. The summed E-state index contributed by atoms with van der Waals surface area (Å²) in [6, 6.07) is 9.21. The molecule has 1 amide bonds. The lowest BCUT2D eigenvalue weighted by molar-refractivity contribution is 0.0790. The SMILES string of the molecule is O=C(c1cccc(-n2cnnn2)c1)N1CC[C@H](c2noc(-c3ccsc3)n2)C1. The molecule has 5 rings (SSSR count). The number of tetrazole rings is 1. The summed E-state index contributed by atoms with van der Waals surface area (Å²) in [6.07, 6.45) is 2.30. The third kappa shape index (κ3) is 3.07. The van der Waals surface area contributed by atoms with Crippen molar-refractivity contribution in [1.29, 1.82) is 0 Å². The summed E-state index contributed by atoms with van der Waals surface area (Å²) < 4.78 is 6.90. The molecule has 140 valence electrons. The van der Waals surface area contributed by atoms with Gasteiger partial charge in [-0.3, -0.25) is 4.79 Å². The molecule has 0 aliphatic carbocycles. The summed E-state index contributed by atoms with van der Waals surface area (Å²) in [5, 5.41) is 19.2. The predicted octanol–water partition coefficient (Wildman–Crippen LogP) is 2.40. The van der Waals surface area contributed by atoms with Crippen LogP contribution in [0.4, 0.5) is 0 Å². The average Bonchev–Trinajstić information content (AvgIpc) is 3.52. The molecular formula is C18H15N7O2S. The molecule has 28 heavy (non-hydrogen) atoms. The molecule has 10 heteroatoms. The Kier molecular flexibility index (Phi) is 4.17. The molecule has 0 bridgehead atoms. The summed E-state index contributed by atoms with van der Waals surface area (Å²) in [4.78, 5) is 19.3. The third-order valence-corrected chi connectivity index (χ3v) is 5.44. The van der Waals surface area contributed by atoms with Crippen molar-refractivity contribution >= 4 is 17.2 Å². The van der Waals surface area contributed by atoms with Crippen molar-refractivity contribution in [2.45, 2.75) is 12.3 Å². The molecule has 3 aromatic heterocycles. The Morgan fingerprint density at radius 2 is 2.25 bits per heavy atom. The molecule has 1 saturated heterocycles. The van der Waals surface area contributed by atoms with Crippen molar-refractivity contribution in [2.24, 2.45) is 0 Å². The molecule has 0 unspecified atom stereocenters. The second kappa shape index (κ2) is 6.97. The van der Waals surface area contributed by atoms with E-state index in [9.17, 15) is 4.79 Å².